The molecule has 0 fully saturated rings. The number of allylic oxidation sites excluding steroid dienone is 1. The van der Waals surface area contributed by atoms with Gasteiger partial charge in [-0.15, -0.1) is 0 Å². The van der Waals surface area contributed by atoms with Gasteiger partial charge in [0.25, 0.3) is 5.69 Å². The van der Waals surface area contributed by atoms with E-state index in [9.17, 15) is 19.7 Å². The zero-order chi connectivity index (χ0) is 18.0. The molecule has 126 valence electrons. The Morgan fingerprint density at radius 3 is 2.72 bits per heavy atom. The second-order valence-electron chi connectivity index (χ2n) is 5.31. The highest BCUT2D eigenvalue weighted by molar-refractivity contribution is 6.10. The summed E-state index contributed by atoms with van der Waals surface area (Å²) in [6.45, 7) is 1.56. The van der Waals surface area contributed by atoms with Crippen LogP contribution in [0.15, 0.2) is 54.1 Å². The van der Waals surface area contributed by atoms with Crippen molar-refractivity contribution in [2.45, 2.75) is 13.0 Å². The van der Waals surface area contributed by atoms with Crippen LogP contribution in [0.4, 0.5) is 10.5 Å². The van der Waals surface area contributed by atoms with Crippen LogP contribution in [-0.4, -0.2) is 26.7 Å². The summed E-state index contributed by atoms with van der Waals surface area (Å²) in [7, 11) is 0. The highest BCUT2D eigenvalue weighted by atomic mass is 16.6. The Kier molecular flexibility index (Phi) is 4.21. The molecule has 2 heterocycles. The maximum atomic E-state index is 12.9. The van der Waals surface area contributed by atoms with Crippen molar-refractivity contribution in [3.05, 3.63) is 75.5 Å². The van der Waals surface area contributed by atoms with Crippen molar-refractivity contribution < 1.29 is 14.5 Å². The van der Waals surface area contributed by atoms with Gasteiger partial charge in [-0.05, 0) is 13.0 Å². The van der Waals surface area contributed by atoms with Gasteiger partial charge in [-0.2, -0.15) is 0 Å². The second kappa shape index (κ2) is 6.48. The van der Waals surface area contributed by atoms with E-state index in [-0.39, 0.29) is 22.5 Å². The van der Waals surface area contributed by atoms with Crippen molar-refractivity contribution in [3.8, 4) is 0 Å². The summed E-state index contributed by atoms with van der Waals surface area (Å²) in [4.78, 5) is 43.3. The maximum Gasteiger partial charge on any atom is 0.319 e. The summed E-state index contributed by atoms with van der Waals surface area (Å²) < 4.78 is 0. The van der Waals surface area contributed by atoms with Crippen molar-refractivity contribution in [1.29, 1.82) is 0 Å². The monoisotopic (exact) mass is 339 g/mol. The van der Waals surface area contributed by atoms with Crippen LogP contribution in [0.25, 0.3) is 0 Å². The smallest absolute Gasteiger partial charge is 0.319 e. The van der Waals surface area contributed by atoms with Crippen LogP contribution in [0.1, 0.15) is 29.0 Å². The Morgan fingerprint density at radius 1 is 1.28 bits per heavy atom. The van der Waals surface area contributed by atoms with E-state index >= 15 is 0 Å². The number of benzene rings is 1. The third-order valence-electron chi connectivity index (χ3n) is 3.75. The zero-order valence-corrected chi connectivity index (χ0v) is 13.1. The molecule has 0 spiro atoms. The molecule has 2 N–H and O–H groups in total. The maximum absolute atomic E-state index is 12.9. The standard InChI is InChI=1S/C16H13N5O4/c1-9-13(15(22)11-8-17-6-7-18-11)14(20-16(23)19-9)10-4-2-3-5-12(10)21(24)25/h2-8,14H,1H3,(H2,19,20,23). The molecule has 9 nitrogen and oxygen atoms in total. The predicted molar refractivity (Wildman–Crippen MR) is 86.6 cm³/mol. The fraction of sp³-hybridized carbons (Fsp3) is 0.125. The Hall–Kier alpha value is -3.62. The molecular formula is C16H13N5O4. The molecular weight excluding hydrogens is 326 g/mol. The number of nitrogens with zero attached hydrogens (tertiary/aromatic N) is 3. The lowest BCUT2D eigenvalue weighted by Crippen LogP contribution is -2.45. The number of hydrogen-bond acceptors (Lipinski definition) is 6. The number of carbonyl (C=O) groups is 2. The van der Waals surface area contributed by atoms with E-state index in [1.54, 1.807) is 13.0 Å². The van der Waals surface area contributed by atoms with E-state index in [1.807, 2.05) is 0 Å². The average Bonchev–Trinajstić information content (AvgIpc) is 2.61. The lowest BCUT2D eigenvalue weighted by atomic mass is 9.90. The molecule has 0 radical (unpaired) electrons. The van der Waals surface area contributed by atoms with Gasteiger partial charge in [0.1, 0.15) is 5.69 Å². The largest absolute Gasteiger partial charge is 0.326 e. The number of aromatic nitrogens is 2. The number of hydrogen-bond donors (Lipinski definition) is 2. The number of amides is 2. The average molecular weight is 339 g/mol. The van der Waals surface area contributed by atoms with Crippen LogP contribution in [0.5, 0.6) is 0 Å². The Morgan fingerprint density at radius 2 is 2.04 bits per heavy atom. The highest BCUT2D eigenvalue weighted by Crippen LogP contribution is 2.33. The molecule has 3 rings (SSSR count). The lowest BCUT2D eigenvalue weighted by molar-refractivity contribution is -0.385. The minimum absolute atomic E-state index is 0.0818. The summed E-state index contributed by atoms with van der Waals surface area (Å²) >= 11 is 0. The minimum atomic E-state index is -0.968. The fourth-order valence-electron chi connectivity index (χ4n) is 2.68. The molecule has 1 atom stereocenters. The number of nitro benzene ring substituents is 1. The van der Waals surface area contributed by atoms with E-state index in [2.05, 4.69) is 20.6 Å². The first kappa shape index (κ1) is 16.2. The number of Topliss-reactive ketones (excluding diaryl/α,β-unsaturated/α-hetero) is 1. The molecule has 0 saturated heterocycles. The molecule has 9 heteroatoms. The summed E-state index contributed by atoms with van der Waals surface area (Å²) in [6, 6.07) is 4.44. The summed E-state index contributed by atoms with van der Waals surface area (Å²) in [6.07, 6.45) is 4.10. The normalized spacial score (nSPS) is 16.8. The van der Waals surface area contributed by atoms with Crippen LogP contribution < -0.4 is 10.6 Å². The Labute approximate surface area is 141 Å². The van der Waals surface area contributed by atoms with Gasteiger partial charge in [-0.1, -0.05) is 12.1 Å². The highest BCUT2D eigenvalue weighted by Gasteiger charge is 2.35. The van der Waals surface area contributed by atoms with Crippen molar-refractivity contribution in [2.24, 2.45) is 0 Å². The number of nitro groups is 1. The first-order valence-electron chi connectivity index (χ1n) is 7.31. The van der Waals surface area contributed by atoms with Crippen LogP contribution in [0, 0.1) is 10.1 Å². The van der Waals surface area contributed by atoms with Crippen molar-refractivity contribution in [3.63, 3.8) is 0 Å². The van der Waals surface area contributed by atoms with Crippen LogP contribution >= 0.6 is 0 Å². The van der Waals surface area contributed by atoms with Gasteiger partial charge in [-0.25, -0.2) is 9.78 Å². The summed E-state index contributed by atoms with van der Waals surface area (Å²) in [5.74, 6) is -0.471. The van der Waals surface area contributed by atoms with E-state index in [0.29, 0.717) is 5.70 Å². The third-order valence-corrected chi connectivity index (χ3v) is 3.75. The van der Waals surface area contributed by atoms with Gasteiger partial charge in [0.2, 0.25) is 5.78 Å². The van der Waals surface area contributed by atoms with E-state index in [0.717, 1.165) is 0 Å². The predicted octanol–water partition coefficient (Wildman–Crippen LogP) is 1.90. The fourth-order valence-corrected chi connectivity index (χ4v) is 2.68. The SMILES string of the molecule is CC1=C(C(=O)c2cnccn2)C(c2ccccc2[N+](=O)[O-])NC(=O)N1. The number of ketones is 1. The van der Waals surface area contributed by atoms with Gasteiger partial charge in [-0.3, -0.25) is 19.9 Å². The topological polar surface area (TPSA) is 127 Å². The number of para-hydroxylation sites is 1. The van der Waals surface area contributed by atoms with E-state index < -0.39 is 22.8 Å². The number of nitrogens with one attached hydrogen (secondary N) is 2. The minimum Gasteiger partial charge on any atom is -0.326 e. The lowest BCUT2D eigenvalue weighted by Gasteiger charge is -2.28. The van der Waals surface area contributed by atoms with Crippen LogP contribution in [0.3, 0.4) is 0 Å². The molecule has 1 aromatic carbocycles. The first-order valence-corrected chi connectivity index (χ1v) is 7.31. The van der Waals surface area contributed by atoms with Crippen molar-refractivity contribution >= 4 is 17.5 Å². The molecule has 1 aliphatic rings. The zero-order valence-electron chi connectivity index (χ0n) is 13.1. The van der Waals surface area contributed by atoms with Gasteiger partial charge in [0.05, 0.1) is 22.7 Å². The molecule has 25 heavy (non-hydrogen) atoms. The summed E-state index contributed by atoms with van der Waals surface area (Å²) in [5, 5.41) is 16.4. The molecule has 1 unspecified atom stereocenters. The molecule has 0 saturated carbocycles. The van der Waals surface area contributed by atoms with Gasteiger partial charge in [0, 0.05) is 29.7 Å². The number of urea groups is 1. The number of rotatable bonds is 4. The quantitative estimate of drug-likeness (QED) is 0.497. The molecule has 1 aromatic heterocycles. The Balaban J connectivity index is 2.14. The molecule has 2 aromatic rings. The van der Waals surface area contributed by atoms with Crippen molar-refractivity contribution in [2.75, 3.05) is 0 Å². The van der Waals surface area contributed by atoms with Crippen LogP contribution in [0.2, 0.25) is 0 Å². The summed E-state index contributed by atoms with van der Waals surface area (Å²) in [5.41, 5.74) is 0.594. The van der Waals surface area contributed by atoms with Crippen LogP contribution in [-0.2, 0) is 0 Å². The van der Waals surface area contributed by atoms with Crippen molar-refractivity contribution in [1.82, 2.24) is 20.6 Å². The van der Waals surface area contributed by atoms with Gasteiger partial charge >= 0.3 is 6.03 Å². The van der Waals surface area contributed by atoms with E-state index in [4.69, 9.17) is 0 Å². The molecule has 1 aliphatic heterocycles. The molecule has 2 amide bonds. The molecule has 0 bridgehead atoms. The van der Waals surface area contributed by atoms with Gasteiger partial charge < -0.3 is 10.6 Å². The van der Waals surface area contributed by atoms with E-state index in [1.165, 1.54) is 36.8 Å². The number of carbonyl (C=O) groups excluding carboxylic acids is 2. The van der Waals surface area contributed by atoms with Gasteiger partial charge in [0.15, 0.2) is 0 Å². The first-order chi connectivity index (χ1) is 12.0. The molecule has 0 aliphatic carbocycles. The third kappa shape index (κ3) is 3.07. The Bertz CT molecular complexity index is 894. The second-order valence-corrected chi connectivity index (χ2v) is 5.31.